The first-order valence-electron chi connectivity index (χ1n) is 18.2. The molecule has 2 aliphatic rings. The molecule has 0 radical (unpaired) electrons. The van der Waals surface area contributed by atoms with E-state index in [0.29, 0.717) is 11.8 Å². The zero-order chi connectivity index (χ0) is 37.8. The summed E-state index contributed by atoms with van der Waals surface area (Å²) in [6, 6.07) is 51.6. The first-order valence-corrected chi connectivity index (χ1v) is 18.2. The summed E-state index contributed by atoms with van der Waals surface area (Å²) in [5.41, 5.74) is 3.65. The molecule has 2 aliphatic heterocycles. The molecule has 8 rings (SSSR count). The minimum absolute atomic E-state index is 0. The van der Waals surface area contributed by atoms with Crippen LogP contribution in [-0.4, -0.2) is 40.2 Å². The molecule has 0 N–H and O–H groups in total. The molecule has 300 valence electrons. The summed E-state index contributed by atoms with van der Waals surface area (Å²) in [6.45, 7) is 0. The summed E-state index contributed by atoms with van der Waals surface area (Å²) in [5.74, 6) is 4.00. The molecule has 0 saturated carbocycles. The number of ether oxygens (including phenoxy) is 6. The third kappa shape index (κ3) is 7.99. The smallest absolute Gasteiger partial charge is 1.00 e. The summed E-state index contributed by atoms with van der Waals surface area (Å²) < 4.78 is 36.7. The molecule has 0 aromatic heterocycles. The average Bonchev–Trinajstić information content (AvgIpc) is 3.84. The monoisotopic (exact) mass is 858 g/mol. The second-order valence-electron chi connectivity index (χ2n) is 13.4. The van der Waals surface area contributed by atoms with Gasteiger partial charge in [-0.05, 0) is 59.7 Å². The van der Waals surface area contributed by atoms with Crippen molar-refractivity contribution in [1.82, 2.24) is 0 Å². The summed E-state index contributed by atoms with van der Waals surface area (Å²) in [4.78, 5) is 10.8. The van der Waals surface area contributed by atoms with Crippen LogP contribution in [0.4, 0.5) is 0 Å². The predicted molar refractivity (Wildman–Crippen MR) is 214 cm³/mol. The largest absolute Gasteiger partial charge is 2.00 e. The molecule has 0 aliphatic carbocycles. The molecule has 2 atom stereocenters. The number of hydrogen-bond acceptors (Lipinski definition) is 8. The van der Waals surface area contributed by atoms with Crippen molar-refractivity contribution in [1.29, 1.82) is 0 Å². The van der Waals surface area contributed by atoms with Gasteiger partial charge in [-0.2, -0.15) is 0 Å². The molecule has 0 unspecified atom stereocenters. The number of benzene rings is 6. The van der Waals surface area contributed by atoms with Crippen LogP contribution in [0, 0.1) is 0 Å². The third-order valence-electron chi connectivity index (χ3n) is 10.5. The Morgan fingerprint density at radius 1 is 0.414 bits per heavy atom. The van der Waals surface area contributed by atoms with Gasteiger partial charge in [0, 0.05) is 22.3 Å². The van der Waals surface area contributed by atoms with Crippen LogP contribution >= 0.6 is 0 Å². The molecule has 8 nitrogen and oxygen atoms in total. The quantitative estimate of drug-likeness (QED) is 0.175. The SMILES string of the molecule is COc1ccc(C2(c3ccc(OC)cc3)OC(CC3=N[C@H](c4ccccc4)C(c4ccc(OC)cc4)(c4ccc(OC)cc4)O3)=N[C@@H]2c2ccccc2)cc1.[Cl-].[Cl-].[Ni+2]. The van der Waals surface area contributed by atoms with Gasteiger partial charge in [-0.3, -0.25) is 0 Å². The summed E-state index contributed by atoms with van der Waals surface area (Å²) >= 11 is 0. The first-order chi connectivity index (χ1) is 27.0. The van der Waals surface area contributed by atoms with Crippen LogP contribution in [0.2, 0.25) is 0 Å². The van der Waals surface area contributed by atoms with Crippen molar-refractivity contribution in [2.45, 2.75) is 29.7 Å². The van der Waals surface area contributed by atoms with Gasteiger partial charge in [0.2, 0.25) is 0 Å². The van der Waals surface area contributed by atoms with E-state index in [2.05, 4.69) is 24.3 Å². The fraction of sp³-hybridized carbons (Fsp3) is 0.191. The summed E-state index contributed by atoms with van der Waals surface area (Å²) in [7, 11) is 6.66. The van der Waals surface area contributed by atoms with Gasteiger partial charge in [0.15, 0.2) is 23.0 Å². The van der Waals surface area contributed by atoms with Crippen LogP contribution in [0.5, 0.6) is 23.0 Å². The molecule has 6 aromatic carbocycles. The fourth-order valence-corrected chi connectivity index (χ4v) is 7.74. The number of halogens is 2. The number of rotatable bonds is 12. The number of methoxy groups -OCH3 is 4. The molecule has 0 fully saturated rings. The molecule has 6 aromatic rings. The Kier molecular flexibility index (Phi) is 14.2. The van der Waals surface area contributed by atoms with Crippen LogP contribution in [-0.2, 0) is 37.2 Å². The molecule has 0 bridgehead atoms. The van der Waals surface area contributed by atoms with E-state index in [1.165, 1.54) is 0 Å². The van der Waals surface area contributed by atoms with Gasteiger partial charge in [0.25, 0.3) is 0 Å². The van der Waals surface area contributed by atoms with Gasteiger partial charge in [0.1, 0.15) is 35.1 Å². The topological polar surface area (TPSA) is 80.1 Å². The average molecular weight is 860 g/mol. The maximum atomic E-state index is 7.25. The zero-order valence-electron chi connectivity index (χ0n) is 32.3. The Morgan fingerprint density at radius 2 is 0.672 bits per heavy atom. The molecular formula is C47H42Cl2N2NiO6. The standard InChI is InChI=1S/C47H42N2O6.2ClH.Ni/c1-50-38-23-15-34(16-24-38)46(35-17-25-39(51-2)26-18-35)44(32-11-7-5-8-12-32)48-42(54-46)31-43-49-45(33-13-9-6-10-14-33)47(55-43,36-19-27-40(52-3)28-20-36)37-21-29-41(53-4)30-22-37;;;/h5-30,44-45H,31H2,1-4H3;2*1H;/q;;;+2/p-2/t44-,45-;;;/m1.../s1. The van der Waals surface area contributed by atoms with Crippen molar-refractivity contribution >= 4 is 11.8 Å². The van der Waals surface area contributed by atoms with Crippen LogP contribution < -0.4 is 43.8 Å². The van der Waals surface area contributed by atoms with E-state index < -0.39 is 23.3 Å². The van der Waals surface area contributed by atoms with Crippen LogP contribution in [0.15, 0.2) is 168 Å². The van der Waals surface area contributed by atoms with Gasteiger partial charge in [0.05, 0.1) is 34.9 Å². The molecule has 11 heteroatoms. The minimum Gasteiger partial charge on any atom is -1.00 e. The second kappa shape index (κ2) is 18.9. The first kappa shape index (κ1) is 43.7. The second-order valence-corrected chi connectivity index (χ2v) is 13.4. The Hall–Kier alpha value is -5.47. The van der Waals surface area contributed by atoms with Gasteiger partial charge >= 0.3 is 16.5 Å². The molecule has 2 heterocycles. The van der Waals surface area contributed by atoms with E-state index in [9.17, 15) is 0 Å². The Bertz CT molecular complexity index is 2030. The van der Waals surface area contributed by atoms with Crippen molar-refractivity contribution in [2.24, 2.45) is 9.98 Å². The molecule has 0 spiro atoms. The third-order valence-corrected chi connectivity index (χ3v) is 10.5. The Labute approximate surface area is 362 Å². The van der Waals surface area contributed by atoms with Gasteiger partial charge in [-0.15, -0.1) is 0 Å². The normalized spacial score (nSPS) is 17.0. The fourth-order valence-electron chi connectivity index (χ4n) is 7.74. The molecular weight excluding hydrogens is 818 g/mol. The predicted octanol–water partition coefficient (Wildman–Crippen LogP) is 3.64. The van der Waals surface area contributed by atoms with Crippen LogP contribution in [0.3, 0.4) is 0 Å². The molecule has 0 amide bonds. The van der Waals surface area contributed by atoms with E-state index in [1.54, 1.807) is 28.4 Å². The molecule has 58 heavy (non-hydrogen) atoms. The van der Waals surface area contributed by atoms with Gasteiger partial charge < -0.3 is 53.2 Å². The zero-order valence-corrected chi connectivity index (χ0v) is 34.8. The van der Waals surface area contributed by atoms with E-state index in [4.69, 9.17) is 38.4 Å². The summed E-state index contributed by atoms with van der Waals surface area (Å²) in [5, 5.41) is 0. The van der Waals surface area contributed by atoms with Gasteiger partial charge in [-0.25, -0.2) is 9.98 Å². The van der Waals surface area contributed by atoms with Crippen molar-refractivity contribution in [3.8, 4) is 23.0 Å². The summed E-state index contributed by atoms with van der Waals surface area (Å²) in [6.07, 6.45) is 0.217. The van der Waals surface area contributed by atoms with E-state index in [-0.39, 0.29) is 47.7 Å². The number of aliphatic imine (C=N–C) groups is 2. The molecule has 0 saturated heterocycles. The van der Waals surface area contributed by atoms with E-state index in [0.717, 1.165) is 56.4 Å². The van der Waals surface area contributed by atoms with Gasteiger partial charge in [-0.1, -0.05) is 109 Å². The van der Waals surface area contributed by atoms with Crippen molar-refractivity contribution < 1.29 is 69.7 Å². The van der Waals surface area contributed by atoms with Crippen LogP contribution in [0.25, 0.3) is 0 Å². The van der Waals surface area contributed by atoms with Crippen molar-refractivity contribution in [3.05, 3.63) is 191 Å². The minimum atomic E-state index is -1.03. The van der Waals surface area contributed by atoms with Crippen LogP contribution in [0.1, 0.15) is 51.9 Å². The Morgan fingerprint density at radius 3 is 0.914 bits per heavy atom. The maximum absolute atomic E-state index is 7.25. The van der Waals surface area contributed by atoms with Crippen molar-refractivity contribution in [3.63, 3.8) is 0 Å². The number of nitrogens with zero attached hydrogens (tertiary/aromatic N) is 2. The van der Waals surface area contributed by atoms with E-state index >= 15 is 0 Å². The maximum Gasteiger partial charge on any atom is 2.00 e. The number of hydrogen-bond donors (Lipinski definition) is 0. The van der Waals surface area contributed by atoms with Crippen molar-refractivity contribution in [2.75, 3.05) is 28.4 Å². The van der Waals surface area contributed by atoms with E-state index in [1.807, 2.05) is 133 Å². The Balaban J connectivity index is 0.00000214.